The molecule has 0 radical (unpaired) electrons. The van der Waals surface area contributed by atoms with Crippen LogP contribution < -0.4 is 0 Å². The van der Waals surface area contributed by atoms with Gasteiger partial charge in [-0.15, -0.1) is 0 Å². The maximum atomic E-state index is 14.2. The minimum Gasteiger partial charge on any atom is -0.206 e. The first kappa shape index (κ1) is 19.7. The van der Waals surface area contributed by atoms with E-state index in [1.54, 1.807) is 0 Å². The second kappa shape index (κ2) is 8.04. The van der Waals surface area contributed by atoms with E-state index < -0.39 is 28.7 Å². The summed E-state index contributed by atoms with van der Waals surface area (Å²) in [4.78, 5) is 0. The van der Waals surface area contributed by atoms with Crippen LogP contribution in [0.3, 0.4) is 0 Å². The van der Waals surface area contributed by atoms with Crippen LogP contribution in [0.25, 0.3) is 21.9 Å². The predicted octanol–water partition coefficient (Wildman–Crippen LogP) is 7.03. The fraction of sp³-hybridized carbons (Fsp3) is 0.0769. The molecule has 0 aliphatic rings. The predicted molar refractivity (Wildman–Crippen MR) is 111 cm³/mol. The highest BCUT2D eigenvalue weighted by atomic mass is 19.2. The Kier molecular flexibility index (Phi) is 5.29. The van der Waals surface area contributed by atoms with Crippen molar-refractivity contribution >= 4 is 10.8 Å². The fourth-order valence-corrected chi connectivity index (χ4v) is 3.28. The number of hydrogen-bond acceptors (Lipinski definition) is 0. The second-order valence-corrected chi connectivity index (χ2v) is 6.92. The molecule has 30 heavy (non-hydrogen) atoms. The van der Waals surface area contributed by atoms with Gasteiger partial charge in [-0.2, -0.15) is 0 Å². The summed E-state index contributed by atoms with van der Waals surface area (Å²) in [5.41, 5.74) is 4.37. The van der Waals surface area contributed by atoms with E-state index in [1.807, 2.05) is 24.3 Å². The summed E-state index contributed by atoms with van der Waals surface area (Å²) in [6.07, 6.45) is 0.985. The van der Waals surface area contributed by atoms with Gasteiger partial charge in [-0.05, 0) is 58.8 Å². The summed E-state index contributed by atoms with van der Waals surface area (Å²) >= 11 is 0. The summed E-state index contributed by atoms with van der Waals surface area (Å²) in [6.45, 7) is 2.11. The van der Waals surface area contributed by atoms with E-state index in [2.05, 4.69) is 43.0 Å². The summed E-state index contributed by atoms with van der Waals surface area (Å²) in [7, 11) is 0. The van der Waals surface area contributed by atoms with Crippen LogP contribution in [0.15, 0.2) is 66.7 Å². The minimum atomic E-state index is -1.69. The van der Waals surface area contributed by atoms with Crippen LogP contribution in [0.5, 0.6) is 0 Å². The highest BCUT2D eigenvalue weighted by Gasteiger charge is 2.17. The molecule has 0 aliphatic heterocycles. The van der Waals surface area contributed by atoms with E-state index in [-0.39, 0.29) is 10.9 Å². The lowest BCUT2D eigenvalue weighted by Crippen LogP contribution is -1.95. The van der Waals surface area contributed by atoms with E-state index in [1.165, 1.54) is 11.6 Å². The topological polar surface area (TPSA) is 0 Å². The molecule has 4 heteroatoms. The number of rotatable bonds is 2. The van der Waals surface area contributed by atoms with E-state index in [9.17, 15) is 17.6 Å². The molecule has 0 unspecified atom stereocenters. The maximum Gasteiger partial charge on any atom is 0.195 e. The molecule has 0 atom stereocenters. The van der Waals surface area contributed by atoms with Gasteiger partial charge < -0.3 is 0 Å². The molecule has 0 spiro atoms. The summed E-state index contributed by atoms with van der Waals surface area (Å²) in [6, 6.07) is 19.0. The molecular weight excluding hydrogens is 388 g/mol. The molecule has 0 aliphatic carbocycles. The van der Waals surface area contributed by atoms with Crippen LogP contribution in [0, 0.1) is 35.1 Å². The van der Waals surface area contributed by atoms with Crippen LogP contribution in [0.1, 0.15) is 23.6 Å². The van der Waals surface area contributed by atoms with Crippen molar-refractivity contribution in [2.75, 3.05) is 0 Å². The number of aryl methyl sites for hydroxylation is 1. The smallest absolute Gasteiger partial charge is 0.195 e. The van der Waals surface area contributed by atoms with Gasteiger partial charge in [0.25, 0.3) is 0 Å². The van der Waals surface area contributed by atoms with Crippen molar-refractivity contribution in [3.63, 3.8) is 0 Å². The molecule has 4 aromatic carbocycles. The van der Waals surface area contributed by atoms with E-state index in [0.717, 1.165) is 29.7 Å². The Morgan fingerprint density at radius 3 is 1.87 bits per heavy atom. The third kappa shape index (κ3) is 3.79. The molecule has 0 heterocycles. The standard InChI is InChI=1S/C26H16F4/c1-2-16-5-9-19(10-6-16)20-11-7-17(8-12-20)3-4-18-13-21-15-23(28)25(29)26(30)24(21)22(27)14-18/h5-15H,2H2,1H3. The van der Waals surface area contributed by atoms with Crippen molar-refractivity contribution in [1.82, 2.24) is 0 Å². The first-order valence-electron chi connectivity index (χ1n) is 9.44. The number of hydrogen-bond donors (Lipinski definition) is 0. The molecule has 4 aromatic rings. The Bertz CT molecular complexity index is 1290. The van der Waals surface area contributed by atoms with Gasteiger partial charge in [-0.3, -0.25) is 0 Å². The van der Waals surface area contributed by atoms with Crippen LogP contribution in [0.4, 0.5) is 17.6 Å². The largest absolute Gasteiger partial charge is 0.206 e. The molecule has 0 aromatic heterocycles. The zero-order valence-electron chi connectivity index (χ0n) is 16.1. The average molecular weight is 404 g/mol. The molecule has 0 saturated heterocycles. The van der Waals surface area contributed by atoms with Crippen molar-refractivity contribution in [3.8, 4) is 23.0 Å². The van der Waals surface area contributed by atoms with Crippen LogP contribution in [0.2, 0.25) is 0 Å². The minimum absolute atomic E-state index is 0.0819. The van der Waals surface area contributed by atoms with Crippen molar-refractivity contribution in [2.45, 2.75) is 13.3 Å². The third-order valence-corrected chi connectivity index (χ3v) is 4.96. The first-order valence-corrected chi connectivity index (χ1v) is 9.44. The van der Waals surface area contributed by atoms with Gasteiger partial charge >= 0.3 is 0 Å². The van der Waals surface area contributed by atoms with Crippen molar-refractivity contribution in [3.05, 3.63) is 107 Å². The Labute approximate surface area is 171 Å². The molecule has 0 nitrogen and oxygen atoms in total. The number of fused-ring (bicyclic) bond motifs is 1. The van der Waals surface area contributed by atoms with Crippen LogP contribution in [-0.2, 0) is 6.42 Å². The molecule has 0 N–H and O–H groups in total. The lowest BCUT2D eigenvalue weighted by Gasteiger charge is -2.05. The zero-order chi connectivity index (χ0) is 21.3. The highest BCUT2D eigenvalue weighted by molar-refractivity contribution is 5.85. The summed E-state index contributed by atoms with van der Waals surface area (Å²) in [5, 5.41) is -0.667. The van der Waals surface area contributed by atoms with Crippen LogP contribution >= 0.6 is 0 Å². The van der Waals surface area contributed by atoms with Crippen molar-refractivity contribution < 1.29 is 17.6 Å². The summed E-state index contributed by atoms with van der Waals surface area (Å²) in [5.74, 6) is 0.122. The zero-order valence-corrected chi connectivity index (χ0v) is 16.1. The second-order valence-electron chi connectivity index (χ2n) is 6.92. The number of halogens is 4. The third-order valence-electron chi connectivity index (χ3n) is 4.96. The van der Waals surface area contributed by atoms with Gasteiger partial charge in [-0.1, -0.05) is 55.2 Å². The van der Waals surface area contributed by atoms with E-state index in [4.69, 9.17) is 0 Å². The maximum absolute atomic E-state index is 14.2. The highest BCUT2D eigenvalue weighted by Crippen LogP contribution is 2.27. The Morgan fingerprint density at radius 2 is 1.23 bits per heavy atom. The van der Waals surface area contributed by atoms with E-state index >= 15 is 0 Å². The Hall–Kier alpha value is -3.58. The Morgan fingerprint density at radius 1 is 0.633 bits per heavy atom. The quantitative estimate of drug-likeness (QED) is 0.191. The Balaban J connectivity index is 1.63. The van der Waals surface area contributed by atoms with Gasteiger partial charge in [0.2, 0.25) is 0 Å². The molecule has 0 bridgehead atoms. The van der Waals surface area contributed by atoms with Gasteiger partial charge in [0.05, 0.1) is 5.39 Å². The lowest BCUT2D eigenvalue weighted by molar-refractivity contribution is 0.451. The van der Waals surface area contributed by atoms with Gasteiger partial charge in [0.15, 0.2) is 17.5 Å². The van der Waals surface area contributed by atoms with Gasteiger partial charge in [0, 0.05) is 11.1 Å². The van der Waals surface area contributed by atoms with Gasteiger partial charge in [-0.25, -0.2) is 17.6 Å². The molecule has 0 saturated carbocycles. The fourth-order valence-electron chi connectivity index (χ4n) is 3.28. The first-order chi connectivity index (χ1) is 14.5. The normalized spacial score (nSPS) is 10.7. The molecule has 0 fully saturated rings. The average Bonchev–Trinajstić information content (AvgIpc) is 2.76. The van der Waals surface area contributed by atoms with Crippen molar-refractivity contribution in [2.24, 2.45) is 0 Å². The molecular formula is C26H16F4. The number of benzene rings is 4. The monoisotopic (exact) mass is 404 g/mol. The molecule has 0 amide bonds. The molecule has 4 rings (SSSR count). The molecule has 148 valence electrons. The summed E-state index contributed by atoms with van der Waals surface area (Å²) < 4.78 is 54.9. The lowest BCUT2D eigenvalue weighted by atomic mass is 10.0. The SMILES string of the molecule is CCc1ccc(-c2ccc(C#Cc3cc(F)c4c(F)c(F)c(F)cc4c3)cc2)cc1. The van der Waals surface area contributed by atoms with Crippen LogP contribution in [-0.4, -0.2) is 0 Å². The van der Waals surface area contributed by atoms with Gasteiger partial charge in [0.1, 0.15) is 5.82 Å². The van der Waals surface area contributed by atoms with Crippen molar-refractivity contribution in [1.29, 1.82) is 0 Å². The van der Waals surface area contributed by atoms with E-state index in [0.29, 0.717) is 5.56 Å².